The molecule has 0 saturated heterocycles. The van der Waals surface area contributed by atoms with E-state index in [1.54, 1.807) is 6.26 Å². The van der Waals surface area contributed by atoms with Gasteiger partial charge in [0.25, 0.3) is 0 Å². The Hall–Kier alpha value is -0.280. The highest BCUT2D eigenvalue weighted by Gasteiger charge is 2.41. The first kappa shape index (κ1) is 11.2. The fourth-order valence-corrected chi connectivity index (χ4v) is 2.30. The van der Waals surface area contributed by atoms with Crippen LogP contribution in [0.4, 0.5) is 0 Å². The zero-order valence-corrected chi connectivity index (χ0v) is 11.1. The molecule has 1 aliphatic carbocycles. The Balaban J connectivity index is 1.84. The van der Waals surface area contributed by atoms with Crippen molar-refractivity contribution in [2.24, 2.45) is 5.92 Å². The Morgan fingerprint density at radius 3 is 2.80 bits per heavy atom. The van der Waals surface area contributed by atoms with Crippen LogP contribution in [0.15, 0.2) is 21.2 Å². The maximum absolute atomic E-state index is 5.48. The highest BCUT2D eigenvalue weighted by Crippen LogP contribution is 2.49. The highest BCUT2D eigenvalue weighted by atomic mass is 79.9. The third kappa shape index (κ3) is 2.85. The first-order valence-corrected chi connectivity index (χ1v) is 6.24. The van der Waals surface area contributed by atoms with Crippen molar-refractivity contribution in [1.82, 2.24) is 5.32 Å². The third-order valence-corrected chi connectivity index (χ3v) is 3.45. The molecule has 1 N–H and O–H groups in total. The summed E-state index contributed by atoms with van der Waals surface area (Å²) in [5.41, 5.74) is 0.216. The standard InChI is InChI=1S/C12H18BrNO/c1-12(2,3)14-7-8-6-9(8)11-10(13)4-5-15-11/h4-5,8-9,14H,6-7H2,1-3H3. The van der Waals surface area contributed by atoms with Gasteiger partial charge >= 0.3 is 0 Å². The topological polar surface area (TPSA) is 25.2 Å². The predicted octanol–water partition coefficient (Wildman–Crippen LogP) is 3.53. The van der Waals surface area contributed by atoms with Crippen molar-refractivity contribution >= 4 is 15.9 Å². The number of nitrogens with one attached hydrogen (secondary N) is 1. The average molecular weight is 272 g/mol. The molecule has 0 aromatic carbocycles. The van der Waals surface area contributed by atoms with E-state index in [1.165, 1.54) is 6.42 Å². The fraction of sp³-hybridized carbons (Fsp3) is 0.667. The second-order valence-corrected chi connectivity index (χ2v) is 6.22. The molecule has 1 saturated carbocycles. The lowest BCUT2D eigenvalue weighted by Crippen LogP contribution is -2.37. The van der Waals surface area contributed by atoms with Gasteiger partial charge in [0.15, 0.2) is 0 Å². The van der Waals surface area contributed by atoms with E-state index in [1.807, 2.05) is 6.07 Å². The van der Waals surface area contributed by atoms with Gasteiger partial charge in [-0.15, -0.1) is 0 Å². The van der Waals surface area contributed by atoms with Gasteiger partial charge in [-0.2, -0.15) is 0 Å². The van der Waals surface area contributed by atoms with Crippen LogP contribution in [-0.4, -0.2) is 12.1 Å². The summed E-state index contributed by atoms with van der Waals surface area (Å²) in [6.45, 7) is 7.69. The molecule has 84 valence electrons. The highest BCUT2D eigenvalue weighted by molar-refractivity contribution is 9.10. The van der Waals surface area contributed by atoms with Crippen molar-refractivity contribution in [2.75, 3.05) is 6.54 Å². The maximum atomic E-state index is 5.48. The molecule has 0 bridgehead atoms. The van der Waals surface area contributed by atoms with Crippen LogP contribution < -0.4 is 5.32 Å². The molecule has 15 heavy (non-hydrogen) atoms. The van der Waals surface area contributed by atoms with Gasteiger partial charge in [0.05, 0.1) is 10.7 Å². The Bertz CT molecular complexity index is 340. The number of hydrogen-bond acceptors (Lipinski definition) is 2. The SMILES string of the molecule is CC(C)(C)NCC1CC1c1occc1Br. The molecule has 0 radical (unpaired) electrons. The summed E-state index contributed by atoms with van der Waals surface area (Å²) in [7, 11) is 0. The van der Waals surface area contributed by atoms with Crippen LogP contribution in [0.3, 0.4) is 0 Å². The molecule has 0 spiro atoms. The van der Waals surface area contributed by atoms with E-state index in [4.69, 9.17) is 4.42 Å². The Kier molecular flexibility index (Phi) is 2.95. The molecule has 3 heteroatoms. The first-order valence-electron chi connectivity index (χ1n) is 5.45. The molecule has 2 nitrogen and oxygen atoms in total. The summed E-state index contributed by atoms with van der Waals surface area (Å²) < 4.78 is 6.59. The monoisotopic (exact) mass is 271 g/mol. The lowest BCUT2D eigenvalue weighted by atomic mass is 10.1. The van der Waals surface area contributed by atoms with Crippen LogP contribution >= 0.6 is 15.9 Å². The quantitative estimate of drug-likeness (QED) is 0.910. The number of furan rings is 1. The van der Waals surface area contributed by atoms with Crippen molar-refractivity contribution in [3.63, 3.8) is 0 Å². The second kappa shape index (κ2) is 3.95. The molecule has 1 aromatic heterocycles. The number of hydrogen-bond donors (Lipinski definition) is 1. The first-order chi connectivity index (χ1) is 6.97. The van der Waals surface area contributed by atoms with Crippen molar-refractivity contribution in [3.8, 4) is 0 Å². The van der Waals surface area contributed by atoms with Gasteiger partial charge in [0.2, 0.25) is 0 Å². The normalized spacial score (nSPS) is 25.6. The Morgan fingerprint density at radius 1 is 1.53 bits per heavy atom. The maximum Gasteiger partial charge on any atom is 0.121 e. The fourth-order valence-electron chi connectivity index (χ4n) is 1.80. The van der Waals surface area contributed by atoms with Crippen LogP contribution in [0.2, 0.25) is 0 Å². The van der Waals surface area contributed by atoms with Gasteiger partial charge in [-0.1, -0.05) is 0 Å². The largest absolute Gasteiger partial charge is 0.468 e. The van der Waals surface area contributed by atoms with Crippen molar-refractivity contribution in [3.05, 3.63) is 22.6 Å². The molecule has 1 fully saturated rings. The lowest BCUT2D eigenvalue weighted by molar-refractivity contribution is 0.409. The van der Waals surface area contributed by atoms with Gasteiger partial charge in [-0.3, -0.25) is 0 Å². The van der Waals surface area contributed by atoms with E-state index in [-0.39, 0.29) is 5.54 Å². The Labute approximate surface area is 99.6 Å². The summed E-state index contributed by atoms with van der Waals surface area (Å²) in [6.07, 6.45) is 3.00. The molecule has 0 aliphatic heterocycles. The van der Waals surface area contributed by atoms with Crippen LogP contribution in [0.25, 0.3) is 0 Å². The molecule has 2 unspecified atom stereocenters. The molecule has 1 aromatic rings. The zero-order chi connectivity index (χ0) is 11.1. The predicted molar refractivity (Wildman–Crippen MR) is 65.0 cm³/mol. The smallest absolute Gasteiger partial charge is 0.121 e. The minimum atomic E-state index is 0.216. The van der Waals surface area contributed by atoms with Gasteiger partial charge in [0.1, 0.15) is 5.76 Å². The summed E-state index contributed by atoms with van der Waals surface area (Å²) in [4.78, 5) is 0. The van der Waals surface area contributed by atoms with Gasteiger partial charge in [-0.05, 0) is 61.7 Å². The lowest BCUT2D eigenvalue weighted by Gasteiger charge is -2.20. The van der Waals surface area contributed by atoms with Gasteiger partial charge in [-0.25, -0.2) is 0 Å². The molecule has 1 heterocycles. The number of rotatable bonds is 3. The summed E-state index contributed by atoms with van der Waals surface area (Å²) in [5.74, 6) is 2.48. The molecular weight excluding hydrogens is 254 g/mol. The summed E-state index contributed by atoms with van der Waals surface area (Å²) in [6, 6.07) is 1.97. The van der Waals surface area contributed by atoms with Gasteiger partial charge in [0, 0.05) is 11.5 Å². The summed E-state index contributed by atoms with van der Waals surface area (Å²) >= 11 is 3.51. The Morgan fingerprint density at radius 2 is 2.27 bits per heavy atom. The van der Waals surface area contributed by atoms with Crippen molar-refractivity contribution in [2.45, 2.75) is 38.6 Å². The molecule has 2 rings (SSSR count). The minimum Gasteiger partial charge on any atom is -0.468 e. The zero-order valence-electron chi connectivity index (χ0n) is 9.51. The van der Waals surface area contributed by atoms with E-state index in [0.717, 1.165) is 22.7 Å². The van der Waals surface area contributed by atoms with E-state index >= 15 is 0 Å². The molecular formula is C12H18BrNO. The van der Waals surface area contributed by atoms with Crippen LogP contribution in [0.5, 0.6) is 0 Å². The van der Waals surface area contributed by atoms with Crippen LogP contribution in [0.1, 0.15) is 38.9 Å². The van der Waals surface area contributed by atoms with Crippen LogP contribution in [0, 0.1) is 5.92 Å². The minimum absolute atomic E-state index is 0.216. The third-order valence-electron chi connectivity index (χ3n) is 2.80. The van der Waals surface area contributed by atoms with Crippen molar-refractivity contribution < 1.29 is 4.42 Å². The van der Waals surface area contributed by atoms with E-state index < -0.39 is 0 Å². The average Bonchev–Trinajstić information content (AvgIpc) is 2.77. The van der Waals surface area contributed by atoms with E-state index in [9.17, 15) is 0 Å². The van der Waals surface area contributed by atoms with Gasteiger partial charge < -0.3 is 9.73 Å². The molecule has 1 aliphatic rings. The second-order valence-electron chi connectivity index (χ2n) is 5.37. The molecule has 2 atom stereocenters. The molecule has 0 amide bonds. The van der Waals surface area contributed by atoms with E-state index in [2.05, 4.69) is 42.0 Å². The van der Waals surface area contributed by atoms with Crippen molar-refractivity contribution in [1.29, 1.82) is 0 Å². The van der Waals surface area contributed by atoms with Crippen LogP contribution in [-0.2, 0) is 0 Å². The number of halogens is 1. The summed E-state index contributed by atoms with van der Waals surface area (Å²) in [5, 5.41) is 3.54. The van der Waals surface area contributed by atoms with E-state index in [0.29, 0.717) is 5.92 Å².